The first kappa shape index (κ1) is 14.7. The first-order chi connectivity index (χ1) is 8.18. The highest BCUT2D eigenvalue weighted by Crippen LogP contribution is 2.21. The van der Waals surface area contributed by atoms with E-state index in [1.807, 2.05) is 18.2 Å². The molecule has 0 amide bonds. The van der Waals surface area contributed by atoms with Gasteiger partial charge in [-0.15, -0.1) is 12.4 Å². The lowest BCUT2D eigenvalue weighted by Gasteiger charge is -2.14. The molecule has 96 valence electrons. The third-order valence-electron chi connectivity index (χ3n) is 3.12. The van der Waals surface area contributed by atoms with Gasteiger partial charge in [0, 0.05) is 0 Å². The van der Waals surface area contributed by atoms with Crippen LogP contribution >= 0.6 is 12.4 Å². The number of benzene rings is 2. The molecule has 2 heteroatoms. The smallest absolute Gasteiger partial charge is 0.0551 e. The van der Waals surface area contributed by atoms with E-state index in [1.165, 1.54) is 11.1 Å². The summed E-state index contributed by atoms with van der Waals surface area (Å²) in [5.41, 5.74) is 9.92. The minimum absolute atomic E-state index is 0. The number of halogens is 1. The monoisotopic (exact) mass is 261 g/mol. The molecule has 0 aliphatic heterocycles. The highest BCUT2D eigenvalue weighted by atomic mass is 35.5. The van der Waals surface area contributed by atoms with Gasteiger partial charge in [0.15, 0.2) is 0 Å². The van der Waals surface area contributed by atoms with Crippen molar-refractivity contribution in [1.82, 2.24) is 0 Å². The van der Waals surface area contributed by atoms with E-state index in [0.717, 1.165) is 5.56 Å². The summed E-state index contributed by atoms with van der Waals surface area (Å²) in [4.78, 5) is 0. The Hall–Kier alpha value is -1.31. The van der Waals surface area contributed by atoms with Gasteiger partial charge in [0.2, 0.25) is 0 Å². The van der Waals surface area contributed by atoms with Crippen LogP contribution < -0.4 is 5.73 Å². The molecule has 0 saturated heterocycles. The van der Waals surface area contributed by atoms with Crippen molar-refractivity contribution in [3.05, 3.63) is 71.3 Å². The second-order valence-corrected chi connectivity index (χ2v) is 4.71. The summed E-state index contributed by atoms with van der Waals surface area (Å²) in [6, 6.07) is 18.8. The van der Waals surface area contributed by atoms with Gasteiger partial charge in [0.05, 0.1) is 6.04 Å². The largest absolute Gasteiger partial charge is 0.320 e. The topological polar surface area (TPSA) is 26.0 Å². The Morgan fingerprint density at radius 2 is 1.17 bits per heavy atom. The van der Waals surface area contributed by atoms with E-state index in [-0.39, 0.29) is 18.4 Å². The van der Waals surface area contributed by atoms with Gasteiger partial charge in [-0.3, -0.25) is 0 Å². The van der Waals surface area contributed by atoms with E-state index in [9.17, 15) is 0 Å². The minimum atomic E-state index is -0.0302. The maximum Gasteiger partial charge on any atom is 0.0551 e. The fourth-order valence-corrected chi connectivity index (χ4v) is 1.94. The minimum Gasteiger partial charge on any atom is -0.320 e. The van der Waals surface area contributed by atoms with Crippen molar-refractivity contribution in [2.45, 2.75) is 25.8 Å². The van der Waals surface area contributed by atoms with E-state index < -0.39 is 0 Å². The van der Waals surface area contributed by atoms with E-state index in [2.05, 4.69) is 50.2 Å². The molecule has 0 aromatic heterocycles. The van der Waals surface area contributed by atoms with Crippen LogP contribution in [0, 0.1) is 0 Å². The third-order valence-corrected chi connectivity index (χ3v) is 3.12. The molecular formula is C16H20ClN. The molecule has 0 aliphatic carbocycles. The average Bonchev–Trinajstić information content (AvgIpc) is 2.39. The zero-order chi connectivity index (χ0) is 12.3. The molecule has 2 aromatic rings. The van der Waals surface area contributed by atoms with Crippen molar-refractivity contribution in [1.29, 1.82) is 0 Å². The van der Waals surface area contributed by atoms with Crippen LogP contribution in [0.5, 0.6) is 0 Å². The molecule has 18 heavy (non-hydrogen) atoms. The zero-order valence-corrected chi connectivity index (χ0v) is 11.7. The Balaban J connectivity index is 0.00000162. The summed E-state index contributed by atoms with van der Waals surface area (Å²) < 4.78 is 0. The van der Waals surface area contributed by atoms with E-state index in [1.54, 1.807) is 0 Å². The summed E-state index contributed by atoms with van der Waals surface area (Å²) in [5.74, 6) is 0.567. The normalized spacial score (nSPS) is 12.0. The quantitative estimate of drug-likeness (QED) is 0.877. The van der Waals surface area contributed by atoms with Crippen LogP contribution in [0.3, 0.4) is 0 Å². The van der Waals surface area contributed by atoms with Gasteiger partial charge in [-0.25, -0.2) is 0 Å². The van der Waals surface area contributed by atoms with Gasteiger partial charge in [0.25, 0.3) is 0 Å². The molecule has 2 aromatic carbocycles. The summed E-state index contributed by atoms with van der Waals surface area (Å²) in [6.07, 6.45) is 0. The molecule has 0 bridgehead atoms. The Morgan fingerprint density at radius 1 is 0.722 bits per heavy atom. The maximum atomic E-state index is 6.24. The lowest BCUT2D eigenvalue weighted by atomic mass is 9.96. The molecule has 0 aliphatic rings. The summed E-state index contributed by atoms with van der Waals surface area (Å²) in [7, 11) is 0. The molecule has 0 saturated carbocycles. The molecule has 0 spiro atoms. The zero-order valence-electron chi connectivity index (χ0n) is 10.8. The second kappa shape index (κ2) is 6.58. The van der Waals surface area contributed by atoms with Crippen LogP contribution in [-0.4, -0.2) is 0 Å². The number of hydrogen-bond acceptors (Lipinski definition) is 1. The Kier molecular flexibility index (Phi) is 5.39. The lowest BCUT2D eigenvalue weighted by molar-refractivity contribution is 0.847. The maximum absolute atomic E-state index is 6.24. The highest BCUT2D eigenvalue weighted by Gasteiger charge is 2.08. The molecule has 0 unspecified atom stereocenters. The van der Waals surface area contributed by atoms with Crippen molar-refractivity contribution in [2.75, 3.05) is 0 Å². The van der Waals surface area contributed by atoms with Crippen LogP contribution in [0.4, 0.5) is 0 Å². The second-order valence-electron chi connectivity index (χ2n) is 4.71. The molecule has 1 nitrogen and oxygen atoms in total. The number of nitrogens with two attached hydrogens (primary N) is 1. The molecule has 2 rings (SSSR count). The van der Waals surface area contributed by atoms with Gasteiger partial charge in [-0.05, 0) is 22.6 Å². The van der Waals surface area contributed by atoms with Crippen molar-refractivity contribution in [2.24, 2.45) is 5.73 Å². The van der Waals surface area contributed by atoms with Crippen LogP contribution in [0.2, 0.25) is 0 Å². The van der Waals surface area contributed by atoms with Gasteiger partial charge >= 0.3 is 0 Å². The third kappa shape index (κ3) is 3.34. The van der Waals surface area contributed by atoms with Crippen molar-refractivity contribution < 1.29 is 0 Å². The summed E-state index contributed by atoms with van der Waals surface area (Å²) in [6.45, 7) is 4.40. The van der Waals surface area contributed by atoms with Crippen molar-refractivity contribution in [3.8, 4) is 0 Å². The molecule has 0 heterocycles. The summed E-state index contributed by atoms with van der Waals surface area (Å²) >= 11 is 0. The van der Waals surface area contributed by atoms with Crippen LogP contribution in [-0.2, 0) is 0 Å². The fourth-order valence-electron chi connectivity index (χ4n) is 1.94. The van der Waals surface area contributed by atoms with Crippen molar-refractivity contribution >= 4 is 12.4 Å². The Labute approximate surface area is 115 Å². The molecule has 2 N–H and O–H groups in total. The fraction of sp³-hybridized carbons (Fsp3) is 0.250. The highest BCUT2D eigenvalue weighted by molar-refractivity contribution is 5.85. The molecular weight excluding hydrogens is 242 g/mol. The number of hydrogen-bond donors (Lipinski definition) is 1. The molecule has 1 atom stereocenters. The first-order valence-corrected chi connectivity index (χ1v) is 6.09. The predicted molar refractivity (Wildman–Crippen MR) is 80.3 cm³/mol. The lowest BCUT2D eigenvalue weighted by Crippen LogP contribution is -2.11. The predicted octanol–water partition coefficient (Wildman–Crippen LogP) is 4.28. The van der Waals surface area contributed by atoms with Crippen molar-refractivity contribution in [3.63, 3.8) is 0 Å². The van der Waals surface area contributed by atoms with Gasteiger partial charge < -0.3 is 5.73 Å². The standard InChI is InChI=1S/C16H19N.ClH/c1-12(2)13-8-10-15(11-9-13)16(17)14-6-4-3-5-7-14;/h3-12,16H,17H2,1-2H3;1H/t16-;/m0./s1. The first-order valence-electron chi connectivity index (χ1n) is 6.09. The molecule has 0 radical (unpaired) electrons. The van der Waals surface area contributed by atoms with Gasteiger partial charge in [-0.2, -0.15) is 0 Å². The SMILES string of the molecule is CC(C)c1ccc([C@@H](N)c2ccccc2)cc1.Cl. The van der Waals surface area contributed by atoms with E-state index >= 15 is 0 Å². The average molecular weight is 262 g/mol. The van der Waals surface area contributed by atoms with Crippen LogP contribution in [0.15, 0.2) is 54.6 Å². The van der Waals surface area contributed by atoms with E-state index in [0.29, 0.717) is 5.92 Å². The summed E-state index contributed by atoms with van der Waals surface area (Å²) in [5, 5.41) is 0. The molecule has 0 fully saturated rings. The van der Waals surface area contributed by atoms with Crippen LogP contribution in [0.25, 0.3) is 0 Å². The van der Waals surface area contributed by atoms with Gasteiger partial charge in [0.1, 0.15) is 0 Å². The Morgan fingerprint density at radius 3 is 1.67 bits per heavy atom. The van der Waals surface area contributed by atoms with Crippen LogP contribution in [0.1, 0.15) is 42.5 Å². The van der Waals surface area contributed by atoms with E-state index in [4.69, 9.17) is 5.73 Å². The Bertz CT molecular complexity index is 462. The number of rotatable bonds is 3. The van der Waals surface area contributed by atoms with Gasteiger partial charge in [-0.1, -0.05) is 68.4 Å².